The summed E-state index contributed by atoms with van der Waals surface area (Å²) in [7, 11) is 0. The maximum Gasteiger partial charge on any atom is 0.341 e. The smallest absolute Gasteiger partial charge is 0.341 e. The molecule has 2 heterocycles. The largest absolute Gasteiger partial charge is 0.486 e. The lowest BCUT2D eigenvalue weighted by atomic mass is 10.1. The molecule has 0 bridgehead atoms. The number of amides is 1. The van der Waals surface area contributed by atoms with E-state index in [4.69, 9.17) is 25.8 Å². The molecule has 0 spiro atoms. The summed E-state index contributed by atoms with van der Waals surface area (Å²) in [5.74, 6) is 0.194. The van der Waals surface area contributed by atoms with Gasteiger partial charge in [-0.05, 0) is 36.8 Å². The SMILES string of the molecule is CC(NC(=O)COC(=O)c1cccnc1Cl)c1ccc2c(c1)OCCO2. The highest BCUT2D eigenvalue weighted by atomic mass is 35.5. The molecule has 136 valence electrons. The molecule has 1 amide bonds. The summed E-state index contributed by atoms with van der Waals surface area (Å²) in [4.78, 5) is 27.8. The Morgan fingerprint density at radius 1 is 1.27 bits per heavy atom. The van der Waals surface area contributed by atoms with Crippen molar-refractivity contribution in [3.63, 3.8) is 0 Å². The summed E-state index contributed by atoms with van der Waals surface area (Å²) in [6.07, 6.45) is 1.46. The van der Waals surface area contributed by atoms with E-state index >= 15 is 0 Å². The van der Waals surface area contributed by atoms with Crippen molar-refractivity contribution < 1.29 is 23.8 Å². The molecule has 1 N–H and O–H groups in total. The van der Waals surface area contributed by atoms with Gasteiger partial charge in [0.05, 0.1) is 11.6 Å². The lowest BCUT2D eigenvalue weighted by Crippen LogP contribution is -2.31. The molecule has 0 saturated carbocycles. The molecule has 0 fully saturated rings. The molecule has 0 saturated heterocycles. The second-order valence-corrected chi connectivity index (χ2v) is 5.97. The summed E-state index contributed by atoms with van der Waals surface area (Å²) in [6, 6.07) is 8.22. The maximum atomic E-state index is 12.0. The molecule has 1 aliphatic rings. The molecule has 1 atom stereocenters. The summed E-state index contributed by atoms with van der Waals surface area (Å²) >= 11 is 5.82. The predicted octanol–water partition coefficient (Wildman–Crippen LogP) is 2.54. The zero-order valence-corrected chi connectivity index (χ0v) is 14.8. The van der Waals surface area contributed by atoms with Crippen LogP contribution in [0.5, 0.6) is 11.5 Å². The van der Waals surface area contributed by atoms with Gasteiger partial charge in [-0.1, -0.05) is 17.7 Å². The van der Waals surface area contributed by atoms with Crippen LogP contribution in [0.4, 0.5) is 0 Å². The predicted molar refractivity (Wildman–Crippen MR) is 93.5 cm³/mol. The molecule has 2 aromatic rings. The van der Waals surface area contributed by atoms with Crippen LogP contribution in [0.2, 0.25) is 5.15 Å². The maximum absolute atomic E-state index is 12.0. The second kappa shape index (κ2) is 8.05. The quantitative estimate of drug-likeness (QED) is 0.637. The number of esters is 1. The van der Waals surface area contributed by atoms with Gasteiger partial charge in [-0.15, -0.1) is 0 Å². The fourth-order valence-corrected chi connectivity index (χ4v) is 2.64. The second-order valence-electron chi connectivity index (χ2n) is 5.61. The number of rotatable bonds is 5. The summed E-state index contributed by atoms with van der Waals surface area (Å²) in [6.45, 7) is 2.41. The standard InChI is InChI=1S/C18H17ClN2O5/c1-11(12-4-5-14-15(9-12)25-8-7-24-14)21-16(22)10-26-18(23)13-3-2-6-20-17(13)19/h2-6,9,11H,7-8,10H2,1H3,(H,21,22). The zero-order valence-electron chi connectivity index (χ0n) is 14.0. The van der Waals surface area contributed by atoms with Crippen LogP contribution in [0.25, 0.3) is 0 Å². The fourth-order valence-electron chi connectivity index (χ4n) is 2.44. The van der Waals surface area contributed by atoms with Gasteiger partial charge in [-0.3, -0.25) is 4.79 Å². The molecule has 0 radical (unpaired) electrons. The number of carbonyl (C=O) groups excluding carboxylic acids is 2. The highest BCUT2D eigenvalue weighted by Gasteiger charge is 2.18. The van der Waals surface area contributed by atoms with Crippen molar-refractivity contribution in [3.05, 3.63) is 52.8 Å². The van der Waals surface area contributed by atoms with Crippen LogP contribution in [0.1, 0.15) is 28.9 Å². The number of ether oxygens (including phenoxy) is 3. The normalized spacial score (nSPS) is 13.6. The van der Waals surface area contributed by atoms with E-state index in [-0.39, 0.29) is 16.8 Å². The number of halogens is 1. The Bertz CT molecular complexity index is 827. The van der Waals surface area contributed by atoms with Gasteiger partial charge in [-0.25, -0.2) is 9.78 Å². The lowest BCUT2D eigenvalue weighted by molar-refractivity contribution is -0.124. The number of hydrogen-bond donors (Lipinski definition) is 1. The van der Waals surface area contributed by atoms with E-state index in [1.54, 1.807) is 12.1 Å². The van der Waals surface area contributed by atoms with E-state index in [0.29, 0.717) is 24.7 Å². The van der Waals surface area contributed by atoms with Gasteiger partial charge in [0.25, 0.3) is 5.91 Å². The first kappa shape index (κ1) is 18.0. The first-order valence-electron chi connectivity index (χ1n) is 8.01. The number of pyridine rings is 1. The van der Waals surface area contributed by atoms with E-state index in [2.05, 4.69) is 10.3 Å². The van der Waals surface area contributed by atoms with Crippen molar-refractivity contribution in [1.29, 1.82) is 0 Å². The molecule has 7 nitrogen and oxygen atoms in total. The molecule has 1 aromatic heterocycles. The van der Waals surface area contributed by atoms with Crippen LogP contribution in [-0.4, -0.2) is 36.7 Å². The minimum Gasteiger partial charge on any atom is -0.486 e. The van der Waals surface area contributed by atoms with Gasteiger partial charge in [0.2, 0.25) is 0 Å². The van der Waals surface area contributed by atoms with Gasteiger partial charge >= 0.3 is 5.97 Å². The Kier molecular flexibility index (Phi) is 5.58. The van der Waals surface area contributed by atoms with E-state index in [1.165, 1.54) is 12.3 Å². The average molecular weight is 377 g/mol. The first-order valence-corrected chi connectivity index (χ1v) is 8.39. The van der Waals surface area contributed by atoms with Crippen LogP contribution < -0.4 is 14.8 Å². The van der Waals surface area contributed by atoms with Gasteiger partial charge in [0.15, 0.2) is 18.1 Å². The summed E-state index contributed by atoms with van der Waals surface area (Å²) in [5.41, 5.74) is 0.964. The molecular weight excluding hydrogens is 360 g/mol. The summed E-state index contributed by atoms with van der Waals surface area (Å²) in [5, 5.41) is 2.79. The van der Waals surface area contributed by atoms with Crippen molar-refractivity contribution in [2.45, 2.75) is 13.0 Å². The lowest BCUT2D eigenvalue weighted by Gasteiger charge is -2.21. The molecule has 1 aromatic carbocycles. The van der Waals surface area contributed by atoms with E-state index < -0.39 is 18.5 Å². The van der Waals surface area contributed by atoms with Crippen molar-refractivity contribution in [1.82, 2.24) is 10.3 Å². The summed E-state index contributed by atoms with van der Waals surface area (Å²) < 4.78 is 16.0. The Balaban J connectivity index is 1.54. The Labute approximate surface area is 155 Å². The average Bonchev–Trinajstić information content (AvgIpc) is 2.66. The van der Waals surface area contributed by atoms with Crippen LogP contribution >= 0.6 is 11.6 Å². The first-order chi connectivity index (χ1) is 12.5. The molecule has 26 heavy (non-hydrogen) atoms. The van der Waals surface area contributed by atoms with Crippen LogP contribution in [-0.2, 0) is 9.53 Å². The highest BCUT2D eigenvalue weighted by molar-refractivity contribution is 6.32. The van der Waals surface area contributed by atoms with E-state index in [1.807, 2.05) is 19.1 Å². The van der Waals surface area contributed by atoms with E-state index in [0.717, 1.165) is 5.56 Å². The van der Waals surface area contributed by atoms with Crippen LogP contribution in [0.3, 0.4) is 0 Å². The highest BCUT2D eigenvalue weighted by Crippen LogP contribution is 2.32. The Morgan fingerprint density at radius 2 is 2.04 bits per heavy atom. The minimum atomic E-state index is -0.703. The molecule has 1 unspecified atom stereocenters. The molecule has 0 aliphatic carbocycles. The fraction of sp³-hybridized carbons (Fsp3) is 0.278. The number of carbonyl (C=O) groups is 2. The number of nitrogens with one attached hydrogen (secondary N) is 1. The Hall–Kier alpha value is -2.80. The van der Waals surface area contributed by atoms with Gasteiger partial charge < -0.3 is 19.5 Å². The van der Waals surface area contributed by atoms with Crippen LogP contribution in [0, 0.1) is 0 Å². The van der Waals surface area contributed by atoms with Gasteiger partial charge in [0.1, 0.15) is 18.4 Å². The number of aromatic nitrogens is 1. The van der Waals surface area contributed by atoms with Crippen LogP contribution in [0.15, 0.2) is 36.5 Å². The number of benzene rings is 1. The minimum absolute atomic E-state index is 0.0301. The third kappa shape index (κ3) is 4.23. The number of nitrogens with zero attached hydrogens (tertiary/aromatic N) is 1. The third-order valence-electron chi connectivity index (χ3n) is 3.76. The Morgan fingerprint density at radius 3 is 2.81 bits per heavy atom. The zero-order chi connectivity index (χ0) is 18.5. The molecule has 3 rings (SSSR count). The number of fused-ring (bicyclic) bond motifs is 1. The van der Waals surface area contributed by atoms with Gasteiger partial charge in [0, 0.05) is 6.20 Å². The monoisotopic (exact) mass is 376 g/mol. The van der Waals surface area contributed by atoms with Crippen molar-refractivity contribution in [2.24, 2.45) is 0 Å². The molecular formula is C18H17ClN2O5. The molecule has 1 aliphatic heterocycles. The topological polar surface area (TPSA) is 86.8 Å². The van der Waals surface area contributed by atoms with Crippen molar-refractivity contribution >= 4 is 23.5 Å². The third-order valence-corrected chi connectivity index (χ3v) is 4.06. The van der Waals surface area contributed by atoms with E-state index in [9.17, 15) is 9.59 Å². The number of hydrogen-bond acceptors (Lipinski definition) is 6. The van der Waals surface area contributed by atoms with Crippen molar-refractivity contribution in [3.8, 4) is 11.5 Å². The molecule has 8 heteroatoms. The van der Waals surface area contributed by atoms with Gasteiger partial charge in [-0.2, -0.15) is 0 Å². The van der Waals surface area contributed by atoms with Crippen molar-refractivity contribution in [2.75, 3.05) is 19.8 Å².